The van der Waals surface area contributed by atoms with Crippen molar-refractivity contribution in [1.82, 2.24) is 0 Å². The van der Waals surface area contributed by atoms with Gasteiger partial charge in [-0.2, -0.15) is 5.10 Å². The number of nitrogens with zero attached hydrogens (tertiary/aromatic N) is 1. The summed E-state index contributed by atoms with van der Waals surface area (Å²) < 4.78 is 0. The van der Waals surface area contributed by atoms with Crippen LogP contribution in [0, 0.1) is 0 Å². The first-order valence-electron chi connectivity index (χ1n) is 4.54. The van der Waals surface area contributed by atoms with Crippen LogP contribution in [0.25, 0.3) is 0 Å². The molecule has 0 saturated heterocycles. The lowest BCUT2D eigenvalue weighted by molar-refractivity contribution is -0.113. The van der Waals surface area contributed by atoms with Gasteiger partial charge in [0.1, 0.15) is 12.6 Å². The van der Waals surface area contributed by atoms with E-state index in [1.807, 2.05) is 0 Å². The van der Waals surface area contributed by atoms with Crippen LogP contribution in [0.15, 0.2) is 29.4 Å². The molecule has 0 spiro atoms. The summed E-state index contributed by atoms with van der Waals surface area (Å²) in [5, 5.41) is 3.39. The molecular weight excluding hydrogens is 192 g/mol. The van der Waals surface area contributed by atoms with Crippen LogP contribution in [0.2, 0.25) is 0 Å². The lowest BCUT2D eigenvalue weighted by Gasteiger charge is -2.06. The number of rotatable bonds is 5. The molecule has 1 unspecified atom stereocenters. The maximum absolute atomic E-state index is 10.7. The number of carbonyl (C=O) groups is 2. The van der Waals surface area contributed by atoms with Gasteiger partial charge in [0.05, 0.1) is 6.21 Å². The number of hydrogen-bond acceptors (Lipinski definition) is 4. The molecule has 0 radical (unpaired) electrons. The SMILES string of the molecule is NN=Cc1ccc(C(C=O)CC=O)cc1. The molecule has 0 fully saturated rings. The molecule has 1 aromatic rings. The van der Waals surface area contributed by atoms with E-state index in [-0.39, 0.29) is 12.3 Å². The van der Waals surface area contributed by atoms with Gasteiger partial charge >= 0.3 is 0 Å². The van der Waals surface area contributed by atoms with E-state index in [0.717, 1.165) is 23.7 Å². The van der Waals surface area contributed by atoms with E-state index < -0.39 is 0 Å². The van der Waals surface area contributed by atoms with E-state index in [9.17, 15) is 9.59 Å². The molecule has 0 heterocycles. The van der Waals surface area contributed by atoms with Crippen molar-refractivity contribution in [3.8, 4) is 0 Å². The van der Waals surface area contributed by atoms with Gasteiger partial charge in [-0.3, -0.25) is 0 Å². The molecule has 0 amide bonds. The molecule has 1 rings (SSSR count). The van der Waals surface area contributed by atoms with Crippen LogP contribution in [0.4, 0.5) is 0 Å². The fourth-order valence-corrected chi connectivity index (χ4v) is 1.29. The Morgan fingerprint density at radius 2 is 1.93 bits per heavy atom. The maximum Gasteiger partial charge on any atom is 0.127 e. The molecular formula is C11H12N2O2. The highest BCUT2D eigenvalue weighted by Gasteiger charge is 2.08. The first-order chi connectivity index (χ1) is 7.31. The number of hydrazone groups is 1. The molecule has 0 aliphatic heterocycles. The van der Waals surface area contributed by atoms with Crippen LogP contribution in [0.3, 0.4) is 0 Å². The van der Waals surface area contributed by atoms with Crippen LogP contribution < -0.4 is 5.84 Å². The van der Waals surface area contributed by atoms with Crippen molar-refractivity contribution in [2.75, 3.05) is 0 Å². The Morgan fingerprint density at radius 1 is 1.27 bits per heavy atom. The largest absolute Gasteiger partial charge is 0.323 e. The van der Waals surface area contributed by atoms with Crippen LogP contribution >= 0.6 is 0 Å². The fourth-order valence-electron chi connectivity index (χ4n) is 1.29. The summed E-state index contributed by atoms with van der Waals surface area (Å²) in [6.07, 6.45) is 3.25. The zero-order valence-corrected chi connectivity index (χ0v) is 8.17. The van der Waals surface area contributed by atoms with Gasteiger partial charge in [0.15, 0.2) is 0 Å². The zero-order chi connectivity index (χ0) is 11.1. The first kappa shape index (κ1) is 11.1. The fraction of sp³-hybridized carbons (Fsp3) is 0.182. The number of aldehydes is 2. The standard InChI is InChI=1S/C11H12N2O2/c12-13-7-9-1-3-10(4-2-9)11(8-15)5-6-14/h1-4,6-8,11H,5,12H2. The van der Waals surface area contributed by atoms with Crippen LogP contribution in [-0.4, -0.2) is 18.8 Å². The smallest absolute Gasteiger partial charge is 0.127 e. The second kappa shape index (κ2) is 5.70. The molecule has 4 nitrogen and oxygen atoms in total. The molecule has 15 heavy (non-hydrogen) atoms. The van der Waals surface area contributed by atoms with E-state index in [1.54, 1.807) is 24.3 Å². The van der Waals surface area contributed by atoms with Gasteiger partial charge in [-0.1, -0.05) is 24.3 Å². The number of carbonyl (C=O) groups excluding carboxylic acids is 2. The van der Waals surface area contributed by atoms with Crippen LogP contribution in [0.1, 0.15) is 23.5 Å². The third-order valence-corrected chi connectivity index (χ3v) is 2.10. The van der Waals surface area contributed by atoms with E-state index in [0.29, 0.717) is 0 Å². The Labute approximate surface area is 87.8 Å². The Hall–Kier alpha value is -1.97. The summed E-state index contributed by atoms with van der Waals surface area (Å²) in [7, 11) is 0. The van der Waals surface area contributed by atoms with Crippen molar-refractivity contribution < 1.29 is 9.59 Å². The predicted octanol–water partition coefficient (Wildman–Crippen LogP) is 0.851. The van der Waals surface area contributed by atoms with Crippen molar-refractivity contribution in [2.24, 2.45) is 10.9 Å². The third-order valence-electron chi connectivity index (χ3n) is 2.10. The summed E-state index contributed by atoms with van der Waals surface area (Å²) in [5.41, 5.74) is 1.68. The van der Waals surface area contributed by atoms with Crippen molar-refractivity contribution in [2.45, 2.75) is 12.3 Å². The molecule has 4 heteroatoms. The topological polar surface area (TPSA) is 72.5 Å². The summed E-state index contributed by atoms with van der Waals surface area (Å²) >= 11 is 0. The number of nitrogens with two attached hydrogens (primary N) is 1. The van der Waals surface area contributed by atoms with Crippen molar-refractivity contribution in [3.05, 3.63) is 35.4 Å². The van der Waals surface area contributed by atoms with Gasteiger partial charge in [-0.05, 0) is 11.1 Å². The summed E-state index contributed by atoms with van der Waals surface area (Å²) in [6, 6.07) is 7.18. The van der Waals surface area contributed by atoms with Gasteiger partial charge in [-0.15, -0.1) is 0 Å². The molecule has 0 bridgehead atoms. The summed E-state index contributed by atoms with van der Waals surface area (Å²) in [4.78, 5) is 21.0. The van der Waals surface area contributed by atoms with Crippen molar-refractivity contribution in [3.63, 3.8) is 0 Å². The molecule has 0 saturated carbocycles. The highest BCUT2D eigenvalue weighted by molar-refractivity contribution is 5.79. The maximum atomic E-state index is 10.7. The lowest BCUT2D eigenvalue weighted by atomic mass is 9.97. The highest BCUT2D eigenvalue weighted by atomic mass is 16.1. The van der Waals surface area contributed by atoms with Crippen molar-refractivity contribution in [1.29, 1.82) is 0 Å². The minimum Gasteiger partial charge on any atom is -0.323 e. The van der Waals surface area contributed by atoms with Gasteiger partial charge in [0.2, 0.25) is 0 Å². The van der Waals surface area contributed by atoms with Gasteiger partial charge in [0.25, 0.3) is 0 Å². The van der Waals surface area contributed by atoms with Crippen LogP contribution in [0.5, 0.6) is 0 Å². The Kier molecular flexibility index (Phi) is 4.22. The third kappa shape index (κ3) is 3.02. The predicted molar refractivity (Wildman–Crippen MR) is 57.7 cm³/mol. The molecule has 2 N–H and O–H groups in total. The molecule has 1 atom stereocenters. The molecule has 0 aliphatic carbocycles. The van der Waals surface area contributed by atoms with Gasteiger partial charge in [-0.25, -0.2) is 0 Å². The zero-order valence-electron chi connectivity index (χ0n) is 8.17. The Bertz CT molecular complexity index is 357. The van der Waals surface area contributed by atoms with E-state index in [2.05, 4.69) is 5.10 Å². The van der Waals surface area contributed by atoms with E-state index >= 15 is 0 Å². The molecule has 78 valence electrons. The number of hydrogen-bond donors (Lipinski definition) is 1. The quantitative estimate of drug-likeness (QED) is 0.334. The highest BCUT2D eigenvalue weighted by Crippen LogP contribution is 2.16. The molecule has 0 aliphatic rings. The van der Waals surface area contributed by atoms with E-state index in [4.69, 9.17) is 5.84 Å². The van der Waals surface area contributed by atoms with E-state index in [1.165, 1.54) is 6.21 Å². The average Bonchev–Trinajstić information content (AvgIpc) is 2.28. The monoisotopic (exact) mass is 204 g/mol. The summed E-state index contributed by atoms with van der Waals surface area (Å²) in [6.45, 7) is 0. The second-order valence-electron chi connectivity index (χ2n) is 3.09. The van der Waals surface area contributed by atoms with Crippen LogP contribution in [-0.2, 0) is 9.59 Å². The first-order valence-corrected chi connectivity index (χ1v) is 4.54. The molecule has 1 aromatic carbocycles. The van der Waals surface area contributed by atoms with Gasteiger partial charge < -0.3 is 15.4 Å². The average molecular weight is 204 g/mol. The Balaban J connectivity index is 2.85. The summed E-state index contributed by atoms with van der Waals surface area (Å²) in [5.74, 6) is 4.64. The van der Waals surface area contributed by atoms with Crippen molar-refractivity contribution >= 4 is 18.8 Å². The Morgan fingerprint density at radius 3 is 2.40 bits per heavy atom. The minimum absolute atomic E-state index is 0.216. The number of benzene rings is 1. The minimum atomic E-state index is -0.355. The van der Waals surface area contributed by atoms with Gasteiger partial charge in [0, 0.05) is 12.3 Å². The normalized spacial score (nSPS) is 12.5. The second-order valence-corrected chi connectivity index (χ2v) is 3.09. The lowest BCUT2D eigenvalue weighted by Crippen LogP contribution is -2.01. The molecule has 0 aromatic heterocycles.